The molecule has 1 amide bonds. The van der Waals surface area contributed by atoms with Crippen molar-refractivity contribution in [2.75, 3.05) is 5.75 Å². The Balaban J connectivity index is 1.50. The molecule has 1 heterocycles. The molecule has 160 valence electrons. The number of thioether (sulfide) groups is 1. The normalized spacial score (nSPS) is 11.1. The van der Waals surface area contributed by atoms with Crippen molar-refractivity contribution in [3.63, 3.8) is 0 Å². The van der Waals surface area contributed by atoms with Crippen LogP contribution in [-0.2, 0) is 4.79 Å². The molecule has 8 heteroatoms. The Morgan fingerprint density at radius 2 is 1.84 bits per heavy atom. The zero-order chi connectivity index (χ0) is 22.3. The molecule has 0 unspecified atom stereocenters. The van der Waals surface area contributed by atoms with Crippen LogP contribution >= 0.6 is 11.8 Å². The lowest BCUT2D eigenvalue weighted by Gasteiger charge is -2.10. The van der Waals surface area contributed by atoms with E-state index in [-0.39, 0.29) is 17.5 Å². The van der Waals surface area contributed by atoms with Crippen LogP contribution < -0.4 is 5.43 Å². The summed E-state index contributed by atoms with van der Waals surface area (Å²) in [5.74, 6) is 0.128. The fourth-order valence-corrected chi connectivity index (χ4v) is 3.74. The van der Waals surface area contributed by atoms with Gasteiger partial charge in [0.25, 0.3) is 5.91 Å². The molecule has 0 spiro atoms. The van der Waals surface area contributed by atoms with Gasteiger partial charge >= 0.3 is 0 Å². The zero-order valence-electron chi connectivity index (χ0n) is 17.3. The third kappa shape index (κ3) is 5.28. The number of hydrogen-bond donors (Lipinski definition) is 1. The molecule has 3 aromatic carbocycles. The van der Waals surface area contributed by atoms with Crippen LogP contribution in [0.4, 0.5) is 4.39 Å². The van der Waals surface area contributed by atoms with Crippen LogP contribution in [0.3, 0.4) is 0 Å². The predicted octanol–water partition coefficient (Wildman–Crippen LogP) is 4.62. The number of nitrogens with zero attached hydrogens (tertiary/aromatic N) is 4. The van der Waals surface area contributed by atoms with Crippen molar-refractivity contribution in [2.45, 2.75) is 12.1 Å². The lowest BCUT2D eigenvalue weighted by molar-refractivity contribution is -0.118. The van der Waals surface area contributed by atoms with Crippen LogP contribution in [0.1, 0.15) is 11.1 Å². The van der Waals surface area contributed by atoms with Gasteiger partial charge in [0.2, 0.25) is 0 Å². The zero-order valence-corrected chi connectivity index (χ0v) is 18.1. The first-order chi connectivity index (χ1) is 15.6. The van der Waals surface area contributed by atoms with E-state index in [0.29, 0.717) is 16.5 Å². The van der Waals surface area contributed by atoms with Gasteiger partial charge in [0.05, 0.1) is 12.0 Å². The van der Waals surface area contributed by atoms with E-state index in [2.05, 4.69) is 20.7 Å². The van der Waals surface area contributed by atoms with Crippen LogP contribution in [0.5, 0.6) is 0 Å². The Morgan fingerprint density at radius 1 is 1.06 bits per heavy atom. The van der Waals surface area contributed by atoms with Gasteiger partial charge in [0, 0.05) is 11.3 Å². The first kappa shape index (κ1) is 21.5. The second-order valence-corrected chi connectivity index (χ2v) is 7.92. The summed E-state index contributed by atoms with van der Waals surface area (Å²) in [4.78, 5) is 12.3. The van der Waals surface area contributed by atoms with Gasteiger partial charge in [-0.05, 0) is 36.8 Å². The fraction of sp³-hybridized carbons (Fsp3) is 0.0833. The minimum atomic E-state index is -0.361. The van der Waals surface area contributed by atoms with Crippen LogP contribution in [0.15, 0.2) is 89.1 Å². The average Bonchev–Trinajstić information content (AvgIpc) is 3.23. The van der Waals surface area contributed by atoms with Gasteiger partial charge in [-0.3, -0.25) is 9.36 Å². The van der Waals surface area contributed by atoms with Crippen molar-refractivity contribution in [3.05, 3.63) is 95.8 Å². The molecule has 0 atom stereocenters. The Kier molecular flexibility index (Phi) is 6.72. The molecule has 0 fully saturated rings. The third-order valence-corrected chi connectivity index (χ3v) is 5.47. The molecule has 0 bridgehead atoms. The molecule has 32 heavy (non-hydrogen) atoms. The number of carbonyl (C=O) groups excluding carboxylic acids is 1. The number of hydrogen-bond acceptors (Lipinski definition) is 5. The summed E-state index contributed by atoms with van der Waals surface area (Å²) in [6.45, 7) is 2.03. The highest BCUT2D eigenvalue weighted by Crippen LogP contribution is 2.28. The number of aromatic nitrogens is 3. The molecule has 4 aromatic rings. The molecule has 0 radical (unpaired) electrons. The first-order valence-corrected chi connectivity index (χ1v) is 10.9. The molecule has 6 nitrogen and oxygen atoms in total. The van der Waals surface area contributed by atoms with Crippen molar-refractivity contribution in [3.8, 4) is 17.1 Å². The maximum Gasteiger partial charge on any atom is 0.250 e. The number of rotatable bonds is 7. The van der Waals surface area contributed by atoms with Crippen molar-refractivity contribution in [2.24, 2.45) is 5.10 Å². The van der Waals surface area contributed by atoms with Gasteiger partial charge in [0.15, 0.2) is 11.0 Å². The number of benzene rings is 3. The molecule has 0 aliphatic carbocycles. The van der Waals surface area contributed by atoms with Gasteiger partial charge in [-0.2, -0.15) is 5.10 Å². The molecule has 4 rings (SSSR count). The molecular weight excluding hydrogens is 425 g/mol. The van der Waals surface area contributed by atoms with E-state index in [1.165, 1.54) is 30.1 Å². The quantitative estimate of drug-likeness (QED) is 0.256. The Hall–Kier alpha value is -3.78. The van der Waals surface area contributed by atoms with Gasteiger partial charge in [0.1, 0.15) is 5.82 Å². The van der Waals surface area contributed by atoms with E-state index >= 15 is 0 Å². The van der Waals surface area contributed by atoms with E-state index in [0.717, 1.165) is 16.8 Å². The first-order valence-electron chi connectivity index (χ1n) is 9.88. The number of aryl methyl sites for hydroxylation is 1. The number of nitrogens with one attached hydrogen (secondary N) is 1. The lowest BCUT2D eigenvalue weighted by Crippen LogP contribution is -2.20. The number of carbonyl (C=O) groups is 1. The van der Waals surface area contributed by atoms with Gasteiger partial charge in [-0.15, -0.1) is 10.2 Å². The molecule has 0 aliphatic heterocycles. The van der Waals surface area contributed by atoms with E-state index < -0.39 is 0 Å². The summed E-state index contributed by atoms with van der Waals surface area (Å²) in [5.41, 5.74) is 6.00. The highest BCUT2D eigenvalue weighted by molar-refractivity contribution is 7.99. The van der Waals surface area contributed by atoms with Crippen LogP contribution in [0.2, 0.25) is 0 Å². The topological polar surface area (TPSA) is 72.2 Å². The largest absolute Gasteiger partial charge is 0.272 e. The van der Waals surface area contributed by atoms with Crippen molar-refractivity contribution in [1.29, 1.82) is 0 Å². The highest BCUT2D eigenvalue weighted by atomic mass is 32.2. The number of hydrazone groups is 1. The fourth-order valence-electron chi connectivity index (χ4n) is 2.99. The second kappa shape index (κ2) is 10.0. The lowest BCUT2D eigenvalue weighted by atomic mass is 10.2. The summed E-state index contributed by atoms with van der Waals surface area (Å²) < 4.78 is 15.2. The summed E-state index contributed by atoms with van der Waals surface area (Å²) in [6.07, 6.45) is 1.40. The van der Waals surface area contributed by atoms with Crippen LogP contribution in [0, 0.1) is 12.7 Å². The molecular formula is C24H20FN5OS. The van der Waals surface area contributed by atoms with E-state index in [1.54, 1.807) is 12.1 Å². The summed E-state index contributed by atoms with van der Waals surface area (Å²) >= 11 is 1.26. The van der Waals surface area contributed by atoms with Crippen molar-refractivity contribution < 1.29 is 9.18 Å². The Bertz CT molecular complexity index is 1240. The Morgan fingerprint density at radius 3 is 2.59 bits per heavy atom. The van der Waals surface area contributed by atoms with Crippen LogP contribution in [-0.4, -0.2) is 32.6 Å². The number of amides is 1. The van der Waals surface area contributed by atoms with E-state index in [4.69, 9.17) is 0 Å². The van der Waals surface area contributed by atoms with E-state index in [1.807, 2.05) is 66.1 Å². The minimum absolute atomic E-state index is 0.0965. The minimum Gasteiger partial charge on any atom is -0.272 e. The van der Waals surface area contributed by atoms with Crippen molar-refractivity contribution in [1.82, 2.24) is 20.2 Å². The maximum absolute atomic E-state index is 13.2. The SMILES string of the molecule is Cc1ccc(-n2c(SCC(=O)NN=Cc3cccc(F)c3)nnc2-c2ccccc2)cc1. The number of halogens is 1. The highest BCUT2D eigenvalue weighted by Gasteiger charge is 2.17. The van der Waals surface area contributed by atoms with Gasteiger partial charge in [-0.1, -0.05) is 71.9 Å². The summed E-state index contributed by atoms with van der Waals surface area (Å²) in [6, 6.07) is 23.8. The molecule has 0 aliphatic rings. The Labute approximate surface area is 189 Å². The van der Waals surface area contributed by atoms with E-state index in [9.17, 15) is 9.18 Å². The predicted molar refractivity (Wildman–Crippen MR) is 124 cm³/mol. The van der Waals surface area contributed by atoms with Gasteiger partial charge in [-0.25, -0.2) is 9.82 Å². The molecule has 0 saturated carbocycles. The smallest absolute Gasteiger partial charge is 0.250 e. The van der Waals surface area contributed by atoms with Crippen LogP contribution in [0.25, 0.3) is 17.1 Å². The molecule has 1 N–H and O–H groups in total. The molecule has 0 saturated heterocycles. The van der Waals surface area contributed by atoms with Gasteiger partial charge < -0.3 is 0 Å². The molecule has 1 aromatic heterocycles. The standard InChI is InChI=1S/C24H20FN5OS/c1-17-10-12-21(13-11-17)30-23(19-7-3-2-4-8-19)28-29-24(30)32-16-22(31)27-26-15-18-6-5-9-20(25)14-18/h2-15H,16H2,1H3,(H,27,31). The maximum atomic E-state index is 13.2. The second-order valence-electron chi connectivity index (χ2n) is 6.98. The van der Waals surface area contributed by atoms with Crippen molar-refractivity contribution >= 4 is 23.9 Å². The summed E-state index contributed by atoms with van der Waals surface area (Å²) in [5, 5.41) is 13.2. The summed E-state index contributed by atoms with van der Waals surface area (Å²) in [7, 11) is 0. The monoisotopic (exact) mass is 445 g/mol. The third-order valence-electron chi connectivity index (χ3n) is 4.54. The average molecular weight is 446 g/mol.